The Morgan fingerprint density at radius 2 is 1.93 bits per heavy atom. The van der Waals surface area contributed by atoms with Gasteiger partial charge in [-0.3, -0.25) is 14.5 Å². The topological polar surface area (TPSA) is 132 Å². The summed E-state index contributed by atoms with van der Waals surface area (Å²) in [6.45, 7) is 6.81. The number of carbonyl (C=O) groups excluding carboxylic acids is 1. The van der Waals surface area contributed by atoms with Crippen LogP contribution in [0.5, 0.6) is 5.88 Å². The van der Waals surface area contributed by atoms with Gasteiger partial charge in [0.05, 0.1) is 33.7 Å². The lowest BCUT2D eigenvalue weighted by Gasteiger charge is -2.50. The number of benzene rings is 1. The van der Waals surface area contributed by atoms with Crippen LogP contribution in [0.1, 0.15) is 52.0 Å². The van der Waals surface area contributed by atoms with E-state index in [-0.39, 0.29) is 35.7 Å². The maximum atomic E-state index is 15.6. The van der Waals surface area contributed by atoms with Gasteiger partial charge in [-0.1, -0.05) is 13.8 Å². The Labute approximate surface area is 238 Å². The standard InChI is InChI=1S/C29H34FN5O5S/c1-16(2)31-7-8-40-26-23(35-41(37,38)18-5-6-18)9-17(12-33-26)19-10-20-22(11-21(19)30)32-13-24-25(20)29(27(36)34-24)14-28(3,15-29)39-4/h9-13,16,18,31,35H,5-8,14-15H2,1-4H3,(H,34,36). The first-order chi connectivity index (χ1) is 19.4. The second-order valence-electron chi connectivity index (χ2n) is 11.8. The first-order valence-corrected chi connectivity index (χ1v) is 15.4. The number of sulfonamides is 1. The van der Waals surface area contributed by atoms with E-state index >= 15 is 4.39 Å². The minimum absolute atomic E-state index is 0.117. The molecule has 218 valence electrons. The van der Waals surface area contributed by atoms with Crippen LogP contribution in [0.3, 0.4) is 0 Å². The molecule has 6 rings (SSSR count). The lowest BCUT2D eigenvalue weighted by molar-refractivity contribution is -0.143. The van der Waals surface area contributed by atoms with E-state index in [2.05, 4.69) is 25.3 Å². The number of anilines is 2. The summed E-state index contributed by atoms with van der Waals surface area (Å²) in [5.74, 6) is -0.539. The van der Waals surface area contributed by atoms with Crippen LogP contribution in [0.25, 0.3) is 22.0 Å². The van der Waals surface area contributed by atoms with Gasteiger partial charge in [-0.15, -0.1) is 0 Å². The predicted molar refractivity (Wildman–Crippen MR) is 154 cm³/mol. The molecular formula is C29H34FN5O5S. The van der Waals surface area contributed by atoms with Crippen LogP contribution < -0.4 is 20.1 Å². The number of aromatic nitrogens is 2. The summed E-state index contributed by atoms with van der Waals surface area (Å²) >= 11 is 0. The van der Waals surface area contributed by atoms with Crippen LogP contribution in [0.4, 0.5) is 15.8 Å². The van der Waals surface area contributed by atoms with E-state index in [0.29, 0.717) is 54.4 Å². The van der Waals surface area contributed by atoms with Gasteiger partial charge in [-0.05, 0) is 44.7 Å². The van der Waals surface area contributed by atoms with E-state index < -0.39 is 32.1 Å². The molecule has 1 aromatic carbocycles. The maximum Gasteiger partial charge on any atom is 0.238 e. The van der Waals surface area contributed by atoms with E-state index in [4.69, 9.17) is 9.47 Å². The Morgan fingerprint density at radius 3 is 2.61 bits per heavy atom. The number of ether oxygens (including phenoxy) is 2. The highest BCUT2D eigenvalue weighted by Gasteiger charge is 2.62. The summed E-state index contributed by atoms with van der Waals surface area (Å²) < 4.78 is 55.3. The third-order valence-corrected chi connectivity index (χ3v) is 10.1. The van der Waals surface area contributed by atoms with Gasteiger partial charge in [-0.25, -0.2) is 17.8 Å². The second-order valence-corrected chi connectivity index (χ2v) is 13.8. The summed E-state index contributed by atoms with van der Waals surface area (Å²) in [7, 11) is -2.00. The smallest absolute Gasteiger partial charge is 0.238 e. The van der Waals surface area contributed by atoms with Crippen LogP contribution in [0.15, 0.2) is 30.6 Å². The molecule has 0 unspecified atom stereocenters. The number of fused-ring (bicyclic) bond motifs is 4. The average molecular weight is 584 g/mol. The molecule has 1 spiro atoms. The minimum Gasteiger partial charge on any atom is -0.475 e. The van der Waals surface area contributed by atoms with Crippen molar-refractivity contribution in [3.8, 4) is 17.0 Å². The molecule has 1 aliphatic heterocycles. The third kappa shape index (κ3) is 4.91. The quantitative estimate of drug-likeness (QED) is 0.304. The van der Waals surface area contributed by atoms with Gasteiger partial charge < -0.3 is 20.1 Å². The van der Waals surface area contributed by atoms with Gasteiger partial charge in [0.15, 0.2) is 0 Å². The van der Waals surface area contributed by atoms with Crippen molar-refractivity contribution in [2.75, 3.05) is 30.3 Å². The zero-order valence-corrected chi connectivity index (χ0v) is 24.3. The second kappa shape index (κ2) is 9.88. The van der Waals surface area contributed by atoms with Crippen LogP contribution in [0, 0.1) is 5.82 Å². The van der Waals surface area contributed by atoms with Gasteiger partial charge >= 0.3 is 0 Å². The first-order valence-electron chi connectivity index (χ1n) is 13.8. The molecule has 12 heteroatoms. The monoisotopic (exact) mass is 583 g/mol. The van der Waals surface area contributed by atoms with Crippen LogP contribution in [-0.2, 0) is 25.0 Å². The van der Waals surface area contributed by atoms with Crippen molar-refractivity contribution in [1.29, 1.82) is 0 Å². The molecule has 2 saturated carbocycles. The van der Waals surface area contributed by atoms with Crippen LogP contribution in [-0.4, -0.2) is 61.4 Å². The molecule has 0 bridgehead atoms. The molecule has 0 saturated heterocycles. The molecule has 2 aliphatic carbocycles. The van der Waals surface area contributed by atoms with Gasteiger partial charge in [0.1, 0.15) is 18.1 Å². The summed E-state index contributed by atoms with van der Waals surface area (Å²) in [4.78, 5) is 22.0. The highest BCUT2D eigenvalue weighted by atomic mass is 32.2. The summed E-state index contributed by atoms with van der Waals surface area (Å²) in [5.41, 5.74) is 1.31. The summed E-state index contributed by atoms with van der Waals surface area (Å²) in [6.07, 6.45) is 5.20. The van der Waals surface area contributed by atoms with Crippen molar-refractivity contribution in [1.82, 2.24) is 15.3 Å². The lowest BCUT2D eigenvalue weighted by atomic mass is 9.56. The van der Waals surface area contributed by atoms with Gasteiger partial charge in [0, 0.05) is 54.0 Å². The molecule has 3 N–H and O–H groups in total. The van der Waals surface area contributed by atoms with Crippen LogP contribution >= 0.6 is 0 Å². The molecule has 2 aromatic heterocycles. The average Bonchev–Trinajstić information content (AvgIpc) is 3.72. The molecule has 3 aliphatic rings. The Morgan fingerprint density at radius 1 is 1.17 bits per heavy atom. The molecular weight excluding hydrogens is 549 g/mol. The normalized spacial score (nSPS) is 23.5. The van der Waals surface area contributed by atoms with E-state index in [1.165, 1.54) is 12.3 Å². The number of amides is 1. The molecule has 3 aromatic rings. The largest absolute Gasteiger partial charge is 0.475 e. The van der Waals surface area contributed by atoms with E-state index in [1.807, 2.05) is 20.8 Å². The zero-order valence-electron chi connectivity index (χ0n) is 23.5. The first kappa shape index (κ1) is 27.8. The highest BCUT2D eigenvalue weighted by molar-refractivity contribution is 7.93. The number of halogens is 1. The van der Waals surface area contributed by atoms with Crippen molar-refractivity contribution in [2.45, 2.75) is 68.8 Å². The lowest BCUT2D eigenvalue weighted by Crippen LogP contribution is -2.57. The van der Waals surface area contributed by atoms with Crippen molar-refractivity contribution >= 4 is 38.2 Å². The number of nitrogens with zero attached hydrogens (tertiary/aromatic N) is 2. The van der Waals surface area contributed by atoms with Gasteiger partial charge in [0.2, 0.25) is 21.8 Å². The van der Waals surface area contributed by atoms with Crippen molar-refractivity contribution in [3.05, 3.63) is 42.0 Å². The van der Waals surface area contributed by atoms with E-state index in [1.54, 1.807) is 25.4 Å². The van der Waals surface area contributed by atoms with E-state index in [0.717, 1.165) is 5.56 Å². The summed E-state index contributed by atoms with van der Waals surface area (Å²) in [5, 5.41) is 6.37. The number of nitrogens with one attached hydrogen (secondary N) is 3. The Hall–Kier alpha value is -3.35. The molecule has 10 nitrogen and oxygen atoms in total. The summed E-state index contributed by atoms with van der Waals surface area (Å²) in [6, 6.07) is 4.82. The fraction of sp³-hybridized carbons (Fsp3) is 0.483. The van der Waals surface area contributed by atoms with Crippen molar-refractivity contribution in [3.63, 3.8) is 0 Å². The molecule has 1 amide bonds. The van der Waals surface area contributed by atoms with Gasteiger partial charge in [0.25, 0.3) is 0 Å². The Balaban J connectivity index is 1.41. The SMILES string of the molecule is COC1(C)CC2(C1)C(=O)Nc1cnc3cc(F)c(-c4cnc(OCCNC(C)C)c(NS(=O)(=O)C5CC5)c4)cc3c12. The van der Waals surface area contributed by atoms with Crippen LogP contribution in [0.2, 0.25) is 0 Å². The molecule has 2 fully saturated rings. The van der Waals surface area contributed by atoms with Crippen molar-refractivity contribution in [2.24, 2.45) is 0 Å². The van der Waals surface area contributed by atoms with Gasteiger partial charge in [-0.2, -0.15) is 0 Å². The number of pyridine rings is 2. The molecule has 0 atom stereocenters. The van der Waals surface area contributed by atoms with Crippen molar-refractivity contribution < 1.29 is 27.1 Å². The third-order valence-electron chi connectivity index (χ3n) is 8.23. The number of rotatable bonds is 10. The fourth-order valence-corrected chi connectivity index (χ4v) is 7.38. The Bertz CT molecular complexity index is 1650. The predicted octanol–water partition coefficient (Wildman–Crippen LogP) is 4.11. The fourth-order valence-electron chi connectivity index (χ4n) is 6.01. The molecule has 0 radical (unpaired) electrons. The zero-order chi connectivity index (χ0) is 29.2. The maximum absolute atomic E-state index is 15.6. The number of methoxy groups -OCH3 is 1. The molecule has 41 heavy (non-hydrogen) atoms. The number of hydrogen-bond donors (Lipinski definition) is 3. The Kier molecular flexibility index (Phi) is 6.70. The number of hydrogen-bond acceptors (Lipinski definition) is 8. The van der Waals surface area contributed by atoms with E-state index in [9.17, 15) is 13.2 Å². The molecule has 3 heterocycles. The minimum atomic E-state index is -3.64. The number of carbonyl (C=O) groups is 1. The highest BCUT2D eigenvalue weighted by Crippen LogP contribution is 2.58.